The van der Waals surface area contributed by atoms with Crippen molar-refractivity contribution in [3.63, 3.8) is 0 Å². The number of rotatable bonds is 7. The van der Waals surface area contributed by atoms with E-state index in [9.17, 15) is 13.2 Å². The average molecular weight is 529 g/mol. The number of ether oxygens (including phenoxy) is 3. The Morgan fingerprint density at radius 2 is 1.56 bits per heavy atom. The highest BCUT2D eigenvalue weighted by Gasteiger charge is 2.40. The smallest absolute Gasteiger partial charge is 0.270 e. The largest absolute Gasteiger partial charge is 0.495 e. The quantitative estimate of drug-likeness (QED) is 0.459. The van der Waals surface area contributed by atoms with Crippen molar-refractivity contribution in [3.8, 4) is 17.2 Å². The van der Waals surface area contributed by atoms with Gasteiger partial charge >= 0.3 is 0 Å². The zero-order chi connectivity index (χ0) is 26.0. The van der Waals surface area contributed by atoms with Gasteiger partial charge in [0.2, 0.25) is 0 Å². The summed E-state index contributed by atoms with van der Waals surface area (Å²) in [5, 5.41) is 2.94. The van der Waals surface area contributed by atoms with Gasteiger partial charge in [-0.05, 0) is 42.3 Å². The van der Waals surface area contributed by atoms with Gasteiger partial charge in [0, 0.05) is 17.3 Å². The summed E-state index contributed by atoms with van der Waals surface area (Å²) in [5.74, 6) is 0.431. The third-order valence-electron chi connectivity index (χ3n) is 5.85. The molecular weight excluding hydrogens is 504 g/mol. The molecule has 8 nitrogen and oxygen atoms in total. The molecule has 0 radical (unpaired) electrons. The number of allylic oxidation sites excluding steroid dienone is 1. The third kappa shape index (κ3) is 4.59. The zero-order valence-corrected chi connectivity index (χ0v) is 21.7. The number of amides is 1. The van der Waals surface area contributed by atoms with E-state index in [2.05, 4.69) is 5.32 Å². The minimum absolute atomic E-state index is 0.0179. The molecule has 0 aliphatic carbocycles. The van der Waals surface area contributed by atoms with Crippen LogP contribution >= 0.6 is 11.6 Å². The lowest BCUT2D eigenvalue weighted by Gasteiger charge is -2.33. The van der Waals surface area contributed by atoms with Crippen LogP contribution in [0.1, 0.15) is 18.1 Å². The lowest BCUT2D eigenvalue weighted by atomic mass is 10.0. The number of hydrogen-bond donors (Lipinski definition) is 1. The normalized spacial score (nSPS) is 14.2. The Kier molecular flexibility index (Phi) is 7.14. The first-order valence-corrected chi connectivity index (χ1v) is 12.7. The number of carbonyl (C=O) groups excluding carboxylic acids is 1. The highest BCUT2D eigenvalue weighted by atomic mass is 35.5. The number of hydrogen-bond acceptors (Lipinski definition) is 6. The summed E-state index contributed by atoms with van der Waals surface area (Å²) in [6, 6.07) is 17.1. The van der Waals surface area contributed by atoms with Crippen LogP contribution in [0, 0.1) is 0 Å². The fraction of sp³-hybridized carbons (Fsp3) is 0.192. The Hall–Kier alpha value is -3.69. The number of benzene rings is 3. The van der Waals surface area contributed by atoms with Gasteiger partial charge in [-0.25, -0.2) is 8.42 Å². The van der Waals surface area contributed by atoms with E-state index < -0.39 is 15.9 Å². The van der Waals surface area contributed by atoms with Gasteiger partial charge in [0.15, 0.2) is 16.4 Å². The van der Waals surface area contributed by atoms with Gasteiger partial charge in [-0.1, -0.05) is 41.9 Å². The summed E-state index contributed by atoms with van der Waals surface area (Å²) in [4.78, 5) is 13.1. The van der Waals surface area contributed by atoms with Crippen LogP contribution in [-0.4, -0.2) is 35.7 Å². The van der Waals surface area contributed by atoms with E-state index in [1.165, 1.54) is 31.7 Å². The number of nitrogens with one attached hydrogen (secondary N) is 1. The van der Waals surface area contributed by atoms with Crippen molar-refractivity contribution in [2.75, 3.05) is 31.0 Å². The molecule has 0 saturated heterocycles. The van der Waals surface area contributed by atoms with Crippen LogP contribution in [0.4, 0.5) is 11.4 Å². The monoisotopic (exact) mass is 528 g/mol. The maximum Gasteiger partial charge on any atom is 0.270 e. The van der Waals surface area contributed by atoms with E-state index in [4.69, 9.17) is 25.8 Å². The van der Waals surface area contributed by atoms with Crippen molar-refractivity contribution < 1.29 is 27.4 Å². The number of fused-ring (bicyclic) bond motifs is 1. The number of methoxy groups -OCH3 is 3. The fourth-order valence-electron chi connectivity index (χ4n) is 4.07. The molecule has 3 aromatic rings. The van der Waals surface area contributed by atoms with Gasteiger partial charge in [-0.15, -0.1) is 0 Å². The Bertz CT molecular complexity index is 1450. The van der Waals surface area contributed by atoms with Crippen LogP contribution in [-0.2, 0) is 21.4 Å². The van der Waals surface area contributed by atoms with E-state index in [0.717, 1.165) is 5.56 Å². The number of sulfonamides is 1. The van der Waals surface area contributed by atoms with Gasteiger partial charge in [0.05, 0.1) is 38.6 Å². The molecule has 0 aromatic heterocycles. The molecular formula is C26H25ClN2O6S. The molecule has 1 heterocycles. The molecule has 1 aliphatic rings. The van der Waals surface area contributed by atoms with Crippen LogP contribution in [0.3, 0.4) is 0 Å². The van der Waals surface area contributed by atoms with Crippen LogP contribution in [0.2, 0.25) is 5.02 Å². The molecule has 36 heavy (non-hydrogen) atoms. The van der Waals surface area contributed by atoms with Crippen molar-refractivity contribution in [2.45, 2.75) is 13.5 Å². The molecule has 0 unspecified atom stereocenters. The molecule has 3 aromatic carbocycles. The average Bonchev–Trinajstić information content (AvgIpc) is 2.86. The second-order valence-corrected chi connectivity index (χ2v) is 10.2. The first-order chi connectivity index (χ1) is 17.2. The van der Waals surface area contributed by atoms with Gasteiger partial charge < -0.3 is 19.5 Å². The third-order valence-corrected chi connectivity index (χ3v) is 8.06. The summed E-state index contributed by atoms with van der Waals surface area (Å²) in [5.41, 5.74) is 2.29. The first kappa shape index (κ1) is 25.4. The zero-order valence-electron chi connectivity index (χ0n) is 20.2. The molecule has 1 amide bonds. The van der Waals surface area contributed by atoms with Crippen LogP contribution < -0.4 is 23.8 Å². The lowest BCUT2D eigenvalue weighted by molar-refractivity contribution is -0.112. The summed E-state index contributed by atoms with van der Waals surface area (Å²) in [6.45, 7) is 1.61. The maximum absolute atomic E-state index is 13.9. The molecule has 188 valence electrons. The maximum atomic E-state index is 13.9. The Labute approximate surface area is 215 Å². The Balaban J connectivity index is 1.86. The van der Waals surface area contributed by atoms with Crippen molar-refractivity contribution >= 4 is 44.5 Å². The van der Waals surface area contributed by atoms with Gasteiger partial charge in [-0.3, -0.25) is 9.10 Å². The summed E-state index contributed by atoms with van der Waals surface area (Å²) >= 11 is 6.19. The Morgan fingerprint density at radius 1 is 0.917 bits per heavy atom. The summed E-state index contributed by atoms with van der Waals surface area (Å²) in [6.07, 6.45) is 0. The van der Waals surface area contributed by atoms with E-state index in [0.29, 0.717) is 34.2 Å². The van der Waals surface area contributed by atoms with Gasteiger partial charge in [-0.2, -0.15) is 0 Å². The van der Waals surface area contributed by atoms with Gasteiger partial charge in [0.25, 0.3) is 15.9 Å². The van der Waals surface area contributed by atoms with Crippen LogP contribution in [0.5, 0.6) is 17.2 Å². The fourth-order valence-corrected chi connectivity index (χ4v) is 6.06. The molecule has 10 heteroatoms. The molecule has 0 spiro atoms. The standard InChI is InChI=1S/C26H25ClN2O6S/c1-16-19-13-23(34-3)24(35-4)14-21(19)29(15-17-8-6-5-7-9-17)36(31,32)25(16)26(30)28-18-10-11-22(33-2)20(27)12-18/h5-14H,15H2,1-4H3,(H,28,30). The minimum Gasteiger partial charge on any atom is -0.495 e. The molecule has 1 aliphatic heterocycles. The van der Waals surface area contributed by atoms with E-state index in [1.54, 1.807) is 31.2 Å². The van der Waals surface area contributed by atoms with Crippen LogP contribution in [0.25, 0.3) is 5.57 Å². The highest BCUT2D eigenvalue weighted by Crippen LogP contribution is 2.45. The molecule has 0 fully saturated rings. The Morgan fingerprint density at radius 3 is 2.17 bits per heavy atom. The second kappa shape index (κ2) is 10.1. The summed E-state index contributed by atoms with van der Waals surface area (Å²) < 4.78 is 45.1. The predicted octanol–water partition coefficient (Wildman–Crippen LogP) is 5.09. The molecule has 1 N–H and O–H groups in total. The molecule has 4 rings (SSSR count). The number of halogens is 1. The summed E-state index contributed by atoms with van der Waals surface area (Å²) in [7, 11) is 0.180. The van der Waals surface area contributed by atoms with Gasteiger partial charge in [0.1, 0.15) is 5.75 Å². The van der Waals surface area contributed by atoms with E-state index in [-0.39, 0.29) is 22.0 Å². The molecule has 0 saturated carbocycles. The lowest BCUT2D eigenvalue weighted by Crippen LogP contribution is -2.39. The first-order valence-electron chi connectivity index (χ1n) is 10.9. The number of nitrogens with zero attached hydrogens (tertiary/aromatic N) is 1. The van der Waals surface area contributed by atoms with Crippen molar-refractivity contribution in [3.05, 3.63) is 81.7 Å². The van der Waals surface area contributed by atoms with Crippen molar-refractivity contribution in [1.82, 2.24) is 0 Å². The topological polar surface area (TPSA) is 94.2 Å². The van der Waals surface area contributed by atoms with E-state index in [1.807, 2.05) is 30.3 Å². The highest BCUT2D eigenvalue weighted by molar-refractivity contribution is 7.97. The molecule has 0 atom stereocenters. The van der Waals surface area contributed by atoms with Crippen LogP contribution in [0.15, 0.2) is 65.6 Å². The van der Waals surface area contributed by atoms with Crippen molar-refractivity contribution in [2.24, 2.45) is 0 Å². The van der Waals surface area contributed by atoms with Crippen molar-refractivity contribution in [1.29, 1.82) is 0 Å². The number of carbonyl (C=O) groups is 1. The van der Waals surface area contributed by atoms with E-state index >= 15 is 0 Å². The minimum atomic E-state index is -4.27. The number of anilines is 2. The second-order valence-electron chi connectivity index (χ2n) is 7.98. The predicted molar refractivity (Wildman–Crippen MR) is 140 cm³/mol. The SMILES string of the molecule is COc1ccc(NC(=O)C2=C(C)c3cc(OC)c(OC)cc3N(Cc3ccccc3)S2(=O)=O)cc1Cl. The molecule has 0 bridgehead atoms.